The van der Waals surface area contributed by atoms with Gasteiger partial charge in [-0.25, -0.2) is 0 Å². The molecule has 1 unspecified atom stereocenters. The van der Waals surface area contributed by atoms with Gasteiger partial charge in [0.15, 0.2) is 6.61 Å². The second-order valence-corrected chi connectivity index (χ2v) is 8.23. The van der Waals surface area contributed by atoms with Crippen LogP contribution in [0.3, 0.4) is 0 Å². The predicted octanol–water partition coefficient (Wildman–Crippen LogP) is 3.38. The maximum atomic E-state index is 12.0. The molecule has 0 heterocycles. The number of ether oxygens (including phenoxy) is 2. The summed E-state index contributed by atoms with van der Waals surface area (Å²) in [5.74, 6) is 0.252. The molecule has 148 valence electrons. The van der Waals surface area contributed by atoms with E-state index in [9.17, 15) is 9.59 Å². The van der Waals surface area contributed by atoms with Crippen molar-refractivity contribution < 1.29 is 19.1 Å². The van der Waals surface area contributed by atoms with E-state index >= 15 is 0 Å². The Labute approximate surface area is 173 Å². The number of rotatable bonds is 7. The van der Waals surface area contributed by atoms with Crippen LogP contribution in [0.5, 0.6) is 11.5 Å². The summed E-state index contributed by atoms with van der Waals surface area (Å²) < 4.78 is 9.98. The molecular formula is C20H20Cl2N2O4. The van der Waals surface area contributed by atoms with Gasteiger partial charge in [0.2, 0.25) is 5.91 Å². The number of hydrazine groups is 1. The number of amides is 2. The highest BCUT2D eigenvalue weighted by atomic mass is 35.5. The Bertz CT molecular complexity index is 843. The molecule has 0 radical (unpaired) electrons. The number of benzene rings is 2. The van der Waals surface area contributed by atoms with Gasteiger partial charge in [0.25, 0.3) is 5.91 Å². The van der Waals surface area contributed by atoms with Crippen molar-refractivity contribution in [2.45, 2.75) is 24.3 Å². The quantitative estimate of drug-likeness (QED) is 0.529. The van der Waals surface area contributed by atoms with Crippen LogP contribution in [0.4, 0.5) is 0 Å². The topological polar surface area (TPSA) is 76.7 Å². The third kappa shape index (κ3) is 4.88. The molecule has 0 bridgehead atoms. The molecule has 6 nitrogen and oxygen atoms in total. The van der Waals surface area contributed by atoms with E-state index in [-0.39, 0.29) is 6.61 Å². The first-order valence-electron chi connectivity index (χ1n) is 8.67. The fraction of sp³-hybridized carbons (Fsp3) is 0.300. The second kappa shape index (κ2) is 8.29. The largest absolute Gasteiger partial charge is 0.489 e. The maximum absolute atomic E-state index is 12.0. The minimum atomic E-state index is -1.09. The van der Waals surface area contributed by atoms with Crippen molar-refractivity contribution in [2.24, 2.45) is 5.41 Å². The first kappa shape index (κ1) is 20.3. The summed E-state index contributed by atoms with van der Waals surface area (Å²) in [4.78, 5) is 23.8. The molecular weight excluding hydrogens is 403 g/mol. The number of nitrogens with one attached hydrogen (secondary N) is 2. The highest BCUT2D eigenvalue weighted by Gasteiger charge is 2.68. The first-order chi connectivity index (χ1) is 13.3. The average Bonchev–Trinajstić information content (AvgIpc) is 3.23. The maximum Gasteiger partial charge on any atom is 0.276 e. The van der Waals surface area contributed by atoms with Crippen molar-refractivity contribution in [3.05, 3.63) is 60.2 Å². The summed E-state index contributed by atoms with van der Waals surface area (Å²) in [6.07, 6.45) is 0.333. The van der Waals surface area contributed by atoms with Gasteiger partial charge >= 0.3 is 0 Å². The summed E-state index contributed by atoms with van der Waals surface area (Å²) >= 11 is 11.9. The molecule has 1 atom stereocenters. The molecule has 28 heavy (non-hydrogen) atoms. The van der Waals surface area contributed by atoms with Crippen LogP contribution in [0.2, 0.25) is 0 Å². The molecule has 0 spiro atoms. The van der Waals surface area contributed by atoms with E-state index in [4.69, 9.17) is 32.7 Å². The van der Waals surface area contributed by atoms with E-state index in [1.165, 1.54) is 0 Å². The summed E-state index contributed by atoms with van der Waals surface area (Å²) in [6, 6.07) is 16.7. The Hall–Kier alpha value is -2.44. The van der Waals surface area contributed by atoms with Crippen molar-refractivity contribution in [1.29, 1.82) is 0 Å². The van der Waals surface area contributed by atoms with Crippen molar-refractivity contribution >= 4 is 35.0 Å². The van der Waals surface area contributed by atoms with Crippen molar-refractivity contribution in [2.75, 3.05) is 6.61 Å². The Morgan fingerprint density at radius 2 is 1.54 bits per heavy atom. The van der Waals surface area contributed by atoms with Gasteiger partial charge in [0.1, 0.15) is 22.4 Å². The van der Waals surface area contributed by atoms with Crippen LogP contribution in [0.1, 0.15) is 18.9 Å². The Balaban J connectivity index is 1.38. The lowest BCUT2D eigenvalue weighted by atomic mass is 10.1. The normalized spacial score (nSPS) is 19.4. The van der Waals surface area contributed by atoms with Crippen LogP contribution in [0.15, 0.2) is 54.6 Å². The van der Waals surface area contributed by atoms with Gasteiger partial charge in [-0.2, -0.15) is 0 Å². The van der Waals surface area contributed by atoms with Crippen LogP contribution < -0.4 is 20.3 Å². The van der Waals surface area contributed by atoms with Gasteiger partial charge in [-0.1, -0.05) is 30.3 Å². The highest BCUT2D eigenvalue weighted by molar-refractivity contribution is 6.53. The van der Waals surface area contributed by atoms with Crippen LogP contribution in [-0.2, 0) is 16.2 Å². The van der Waals surface area contributed by atoms with Crippen molar-refractivity contribution in [1.82, 2.24) is 10.9 Å². The SMILES string of the molecule is CC1(C(=O)NNC(=O)COc2ccc(OCc3ccccc3)cc2)CC1(Cl)Cl. The van der Waals surface area contributed by atoms with Crippen LogP contribution in [0.25, 0.3) is 0 Å². The molecule has 2 aromatic rings. The zero-order valence-corrected chi connectivity index (χ0v) is 16.7. The van der Waals surface area contributed by atoms with Gasteiger partial charge < -0.3 is 9.47 Å². The third-order valence-electron chi connectivity index (χ3n) is 4.52. The molecule has 2 N–H and O–H groups in total. The molecule has 1 saturated carbocycles. The van der Waals surface area contributed by atoms with Gasteiger partial charge in [-0.15, -0.1) is 23.2 Å². The zero-order valence-electron chi connectivity index (χ0n) is 15.2. The molecule has 2 amide bonds. The summed E-state index contributed by atoms with van der Waals surface area (Å²) in [7, 11) is 0. The number of hydrogen-bond acceptors (Lipinski definition) is 4. The molecule has 2 aromatic carbocycles. The van der Waals surface area contributed by atoms with Gasteiger partial charge in [0.05, 0.1) is 5.41 Å². The predicted molar refractivity (Wildman–Crippen MR) is 106 cm³/mol. The summed E-state index contributed by atoms with van der Waals surface area (Å²) in [6.45, 7) is 1.84. The first-order valence-corrected chi connectivity index (χ1v) is 9.42. The number of hydrogen-bond donors (Lipinski definition) is 2. The molecule has 0 aromatic heterocycles. The second-order valence-electron chi connectivity index (χ2n) is 6.75. The molecule has 0 saturated heterocycles. The van der Waals surface area contributed by atoms with Gasteiger partial charge in [0, 0.05) is 0 Å². The lowest BCUT2D eigenvalue weighted by Crippen LogP contribution is -2.47. The van der Waals surface area contributed by atoms with E-state index in [0.717, 1.165) is 5.56 Å². The molecule has 1 aliphatic carbocycles. The average molecular weight is 423 g/mol. The van der Waals surface area contributed by atoms with Crippen molar-refractivity contribution in [3.8, 4) is 11.5 Å². The number of carbonyl (C=O) groups excluding carboxylic acids is 2. The van der Waals surface area contributed by atoms with Gasteiger partial charge in [-0.05, 0) is 43.2 Å². The monoisotopic (exact) mass is 422 g/mol. The molecule has 8 heteroatoms. The Kier molecular flexibility index (Phi) is 6.01. The molecule has 1 fully saturated rings. The standard InChI is InChI=1S/C20H20Cl2N2O4/c1-19(13-20(19,21)22)18(26)24-23-17(25)12-28-16-9-7-15(8-10-16)27-11-14-5-3-2-4-6-14/h2-10H,11-13H2,1H3,(H,23,25)(H,24,26). The molecule has 1 aliphatic rings. The number of alkyl halides is 2. The fourth-order valence-corrected chi connectivity index (χ4v) is 3.17. The van der Waals surface area contributed by atoms with Crippen LogP contribution in [-0.4, -0.2) is 22.8 Å². The third-order valence-corrected chi connectivity index (χ3v) is 5.62. The van der Waals surface area contributed by atoms with E-state index in [1.54, 1.807) is 31.2 Å². The van der Waals surface area contributed by atoms with Crippen LogP contribution in [0, 0.1) is 5.41 Å². The van der Waals surface area contributed by atoms with Crippen molar-refractivity contribution in [3.63, 3.8) is 0 Å². The minimum Gasteiger partial charge on any atom is -0.489 e. The highest BCUT2D eigenvalue weighted by Crippen LogP contribution is 2.63. The van der Waals surface area contributed by atoms with E-state index in [1.807, 2.05) is 30.3 Å². The minimum absolute atomic E-state index is 0.256. The summed E-state index contributed by atoms with van der Waals surface area (Å²) in [5, 5.41) is 0. The number of halogens is 2. The smallest absolute Gasteiger partial charge is 0.276 e. The van der Waals surface area contributed by atoms with E-state index in [0.29, 0.717) is 24.5 Å². The summed E-state index contributed by atoms with van der Waals surface area (Å²) in [5.41, 5.74) is 4.76. The molecule has 0 aliphatic heterocycles. The molecule has 3 rings (SSSR count). The zero-order chi connectivity index (χ0) is 20.2. The van der Waals surface area contributed by atoms with E-state index in [2.05, 4.69) is 10.9 Å². The lowest BCUT2D eigenvalue weighted by Gasteiger charge is -2.13. The number of carbonyl (C=O) groups is 2. The fourth-order valence-electron chi connectivity index (χ4n) is 2.47. The lowest BCUT2D eigenvalue weighted by molar-refractivity contribution is -0.132. The Morgan fingerprint density at radius 1 is 0.964 bits per heavy atom. The van der Waals surface area contributed by atoms with Gasteiger partial charge in [-0.3, -0.25) is 20.4 Å². The Morgan fingerprint density at radius 3 is 2.11 bits per heavy atom. The van der Waals surface area contributed by atoms with E-state index < -0.39 is 21.6 Å². The van der Waals surface area contributed by atoms with Crippen LogP contribution >= 0.6 is 23.2 Å².